The molecule has 0 aromatic heterocycles. The van der Waals surface area contributed by atoms with Gasteiger partial charge in [0.2, 0.25) is 0 Å². The zero-order valence-corrected chi connectivity index (χ0v) is 10.1. The van der Waals surface area contributed by atoms with Gasteiger partial charge in [-0.1, -0.05) is 25.1 Å². The number of ether oxygens (including phenoxy) is 2. The summed E-state index contributed by atoms with van der Waals surface area (Å²) >= 11 is 0. The van der Waals surface area contributed by atoms with Crippen LogP contribution in [0.3, 0.4) is 0 Å². The van der Waals surface area contributed by atoms with Crippen molar-refractivity contribution in [2.45, 2.75) is 32.5 Å². The summed E-state index contributed by atoms with van der Waals surface area (Å²) in [5.41, 5.74) is 0.772. The van der Waals surface area contributed by atoms with Crippen molar-refractivity contribution in [3.8, 4) is 5.75 Å². The largest absolute Gasteiger partial charge is 0.496 e. The molecule has 0 saturated carbocycles. The Labute approximate surface area is 97.0 Å². The molecule has 0 radical (unpaired) electrons. The molecule has 0 saturated heterocycles. The highest BCUT2D eigenvalue weighted by Crippen LogP contribution is 2.25. The van der Waals surface area contributed by atoms with Crippen molar-refractivity contribution in [1.29, 1.82) is 0 Å². The molecule has 0 spiro atoms. The van der Waals surface area contributed by atoms with E-state index in [2.05, 4.69) is 6.92 Å². The third-order valence-corrected chi connectivity index (χ3v) is 2.61. The molecule has 0 aliphatic rings. The molecular weight excluding hydrogens is 204 g/mol. The van der Waals surface area contributed by atoms with Gasteiger partial charge in [0.05, 0.1) is 19.8 Å². The summed E-state index contributed by atoms with van der Waals surface area (Å²) in [6.07, 6.45) is 0.480. The normalized spacial score (nSPS) is 14.5. The minimum absolute atomic E-state index is 0.171. The van der Waals surface area contributed by atoms with E-state index in [0.717, 1.165) is 12.0 Å². The van der Waals surface area contributed by atoms with E-state index in [9.17, 15) is 5.11 Å². The standard InChI is InChI=1S/C13H20O3/c1-4-10(2)16-9-12(14)11-7-5-6-8-13(11)15-3/h5-8,10,12,14H,4,9H2,1-3H3. The minimum atomic E-state index is -0.634. The van der Waals surface area contributed by atoms with Crippen LogP contribution in [0.25, 0.3) is 0 Å². The maximum Gasteiger partial charge on any atom is 0.124 e. The topological polar surface area (TPSA) is 38.7 Å². The van der Waals surface area contributed by atoms with E-state index in [1.165, 1.54) is 0 Å². The third-order valence-electron chi connectivity index (χ3n) is 2.61. The van der Waals surface area contributed by atoms with Crippen molar-refractivity contribution in [2.24, 2.45) is 0 Å². The molecule has 1 aromatic carbocycles. The van der Waals surface area contributed by atoms with E-state index in [-0.39, 0.29) is 6.10 Å². The van der Waals surface area contributed by atoms with Crippen LogP contribution >= 0.6 is 0 Å². The maximum absolute atomic E-state index is 9.97. The predicted molar refractivity (Wildman–Crippen MR) is 63.7 cm³/mol. The van der Waals surface area contributed by atoms with Crippen molar-refractivity contribution in [3.63, 3.8) is 0 Å². The lowest BCUT2D eigenvalue weighted by atomic mass is 10.1. The molecule has 16 heavy (non-hydrogen) atoms. The van der Waals surface area contributed by atoms with Gasteiger partial charge in [0.25, 0.3) is 0 Å². The first-order chi connectivity index (χ1) is 7.69. The number of hydrogen-bond donors (Lipinski definition) is 1. The van der Waals surface area contributed by atoms with Crippen LogP contribution in [0.5, 0.6) is 5.75 Å². The second-order valence-corrected chi connectivity index (χ2v) is 3.81. The summed E-state index contributed by atoms with van der Waals surface area (Å²) in [5.74, 6) is 0.697. The fourth-order valence-corrected chi connectivity index (χ4v) is 1.40. The smallest absolute Gasteiger partial charge is 0.124 e. The number of rotatable bonds is 6. The first-order valence-corrected chi connectivity index (χ1v) is 5.61. The van der Waals surface area contributed by atoms with E-state index < -0.39 is 6.10 Å². The summed E-state index contributed by atoms with van der Waals surface area (Å²) < 4.78 is 10.7. The van der Waals surface area contributed by atoms with E-state index in [1.54, 1.807) is 7.11 Å². The average molecular weight is 224 g/mol. The second-order valence-electron chi connectivity index (χ2n) is 3.81. The lowest BCUT2D eigenvalue weighted by molar-refractivity contribution is -0.00450. The molecule has 0 heterocycles. The van der Waals surface area contributed by atoms with Crippen LogP contribution in [-0.4, -0.2) is 24.9 Å². The molecule has 3 heteroatoms. The molecule has 0 fully saturated rings. The highest BCUT2D eigenvalue weighted by Gasteiger charge is 2.13. The molecule has 90 valence electrons. The van der Waals surface area contributed by atoms with Gasteiger partial charge in [0.1, 0.15) is 11.9 Å². The molecule has 1 rings (SSSR count). The Morgan fingerprint density at radius 3 is 2.62 bits per heavy atom. The first-order valence-electron chi connectivity index (χ1n) is 5.61. The molecule has 2 atom stereocenters. The lowest BCUT2D eigenvalue weighted by Crippen LogP contribution is -2.14. The van der Waals surface area contributed by atoms with Gasteiger partial charge in [-0.05, 0) is 19.4 Å². The lowest BCUT2D eigenvalue weighted by Gasteiger charge is -2.17. The van der Waals surface area contributed by atoms with Gasteiger partial charge < -0.3 is 14.6 Å². The molecule has 2 unspecified atom stereocenters. The van der Waals surface area contributed by atoms with Crippen LogP contribution in [0.4, 0.5) is 0 Å². The maximum atomic E-state index is 9.97. The van der Waals surface area contributed by atoms with Crippen molar-refractivity contribution in [1.82, 2.24) is 0 Å². The quantitative estimate of drug-likeness (QED) is 0.807. The van der Waals surface area contributed by atoms with E-state index >= 15 is 0 Å². The van der Waals surface area contributed by atoms with Gasteiger partial charge in [-0.25, -0.2) is 0 Å². The number of benzene rings is 1. The van der Waals surface area contributed by atoms with Gasteiger partial charge in [-0.3, -0.25) is 0 Å². The Morgan fingerprint density at radius 1 is 1.31 bits per heavy atom. The van der Waals surface area contributed by atoms with Crippen molar-refractivity contribution in [2.75, 3.05) is 13.7 Å². The molecule has 1 N–H and O–H groups in total. The molecule has 0 bridgehead atoms. The Balaban J connectivity index is 2.61. The van der Waals surface area contributed by atoms with Crippen molar-refractivity contribution in [3.05, 3.63) is 29.8 Å². The monoisotopic (exact) mass is 224 g/mol. The molecule has 0 aliphatic heterocycles. The molecule has 0 amide bonds. The summed E-state index contributed by atoms with van der Waals surface area (Å²) in [5, 5.41) is 9.97. The molecule has 3 nitrogen and oxygen atoms in total. The predicted octanol–water partition coefficient (Wildman–Crippen LogP) is 2.54. The number of para-hydroxylation sites is 1. The fraction of sp³-hybridized carbons (Fsp3) is 0.538. The van der Waals surface area contributed by atoms with Crippen LogP contribution < -0.4 is 4.74 Å². The van der Waals surface area contributed by atoms with Gasteiger partial charge in [-0.15, -0.1) is 0 Å². The van der Waals surface area contributed by atoms with Crippen LogP contribution in [-0.2, 0) is 4.74 Å². The highest BCUT2D eigenvalue weighted by molar-refractivity contribution is 5.34. The summed E-state index contributed by atoms with van der Waals surface area (Å²) in [7, 11) is 1.60. The molecular formula is C13H20O3. The second kappa shape index (κ2) is 6.51. The van der Waals surface area contributed by atoms with E-state index in [0.29, 0.717) is 12.4 Å². The zero-order valence-electron chi connectivity index (χ0n) is 10.1. The van der Waals surface area contributed by atoms with Gasteiger partial charge >= 0.3 is 0 Å². The van der Waals surface area contributed by atoms with Crippen LogP contribution in [0.15, 0.2) is 24.3 Å². The number of aliphatic hydroxyl groups is 1. The molecule has 1 aromatic rings. The van der Waals surface area contributed by atoms with Crippen LogP contribution in [0, 0.1) is 0 Å². The minimum Gasteiger partial charge on any atom is -0.496 e. The van der Waals surface area contributed by atoms with Crippen LogP contribution in [0.2, 0.25) is 0 Å². The molecule has 0 aliphatic carbocycles. The average Bonchev–Trinajstić information content (AvgIpc) is 2.35. The van der Waals surface area contributed by atoms with Gasteiger partial charge in [0, 0.05) is 5.56 Å². The highest BCUT2D eigenvalue weighted by atomic mass is 16.5. The van der Waals surface area contributed by atoms with Gasteiger partial charge in [-0.2, -0.15) is 0 Å². The summed E-state index contributed by atoms with van der Waals surface area (Å²) in [4.78, 5) is 0. The van der Waals surface area contributed by atoms with Crippen molar-refractivity contribution >= 4 is 0 Å². The number of hydrogen-bond acceptors (Lipinski definition) is 3. The SMILES string of the molecule is CCC(C)OCC(O)c1ccccc1OC. The Bertz CT molecular complexity index is 312. The summed E-state index contributed by atoms with van der Waals surface area (Å²) in [6, 6.07) is 7.44. The number of aliphatic hydroxyl groups excluding tert-OH is 1. The van der Waals surface area contributed by atoms with Crippen molar-refractivity contribution < 1.29 is 14.6 Å². The Morgan fingerprint density at radius 2 is 2.00 bits per heavy atom. The van der Waals surface area contributed by atoms with E-state index in [4.69, 9.17) is 9.47 Å². The fourth-order valence-electron chi connectivity index (χ4n) is 1.40. The van der Waals surface area contributed by atoms with Crippen LogP contribution in [0.1, 0.15) is 31.9 Å². The Hall–Kier alpha value is -1.06. The summed E-state index contributed by atoms with van der Waals surface area (Å²) in [6.45, 7) is 4.35. The zero-order chi connectivity index (χ0) is 12.0. The first kappa shape index (κ1) is 13.0. The number of methoxy groups -OCH3 is 1. The third kappa shape index (κ3) is 3.51. The van der Waals surface area contributed by atoms with E-state index in [1.807, 2.05) is 31.2 Å². The van der Waals surface area contributed by atoms with Gasteiger partial charge in [0.15, 0.2) is 0 Å². The Kier molecular flexibility index (Phi) is 5.29.